The summed E-state index contributed by atoms with van der Waals surface area (Å²) in [6.07, 6.45) is 0.503. The Bertz CT molecular complexity index is 611. The Morgan fingerprint density at radius 1 is 1.14 bits per heavy atom. The van der Waals surface area contributed by atoms with Crippen molar-refractivity contribution >= 4 is 11.9 Å². The fraction of sp³-hybridized carbons (Fsp3) is 0.429. The minimum atomic E-state index is -1.55. The fourth-order valence-electron chi connectivity index (χ4n) is 3.09. The normalized spacial score (nSPS) is 28.6. The van der Waals surface area contributed by atoms with Crippen molar-refractivity contribution in [1.29, 1.82) is 0 Å². The van der Waals surface area contributed by atoms with Crippen LogP contribution in [0.2, 0.25) is 0 Å². The maximum atomic E-state index is 13.4. The maximum absolute atomic E-state index is 13.4. The van der Waals surface area contributed by atoms with E-state index in [1.165, 1.54) is 4.90 Å². The number of carbonyl (C=O) groups is 2. The van der Waals surface area contributed by atoms with Crippen LogP contribution < -0.4 is 0 Å². The van der Waals surface area contributed by atoms with Crippen LogP contribution in [0.25, 0.3) is 0 Å². The SMILES string of the molecule is C[C@@H]1OC(=O)C(=O)N2C1CC[C@H]2c1cc(F)c(F)c(F)c1. The minimum absolute atomic E-state index is 0.143. The molecule has 2 aliphatic rings. The van der Waals surface area contributed by atoms with Crippen LogP contribution in [0.15, 0.2) is 12.1 Å². The topological polar surface area (TPSA) is 46.6 Å². The van der Waals surface area contributed by atoms with E-state index in [1.54, 1.807) is 6.92 Å². The summed E-state index contributed by atoms with van der Waals surface area (Å²) in [6, 6.07) is 0.756. The number of halogens is 3. The van der Waals surface area contributed by atoms with Gasteiger partial charge in [0.2, 0.25) is 0 Å². The number of amides is 1. The Morgan fingerprint density at radius 2 is 1.76 bits per heavy atom. The standard InChI is InChI=1S/C14H12F3NO3/c1-6-10-2-3-11(18(10)13(19)14(20)21-6)7-4-8(15)12(17)9(16)5-7/h4-6,10-11H,2-3H2,1H3/t6-,10?,11-/m0/s1. The smallest absolute Gasteiger partial charge is 0.397 e. The van der Waals surface area contributed by atoms with Gasteiger partial charge in [0.1, 0.15) is 6.10 Å². The van der Waals surface area contributed by atoms with Crippen molar-refractivity contribution in [3.8, 4) is 0 Å². The van der Waals surface area contributed by atoms with E-state index in [-0.39, 0.29) is 11.6 Å². The first kappa shape index (κ1) is 13.9. The number of esters is 1. The molecule has 3 rings (SSSR count). The van der Waals surface area contributed by atoms with Gasteiger partial charge in [-0.05, 0) is 37.5 Å². The molecule has 0 radical (unpaired) electrons. The molecule has 3 atom stereocenters. The molecule has 2 aliphatic heterocycles. The van der Waals surface area contributed by atoms with Gasteiger partial charge in [-0.3, -0.25) is 4.79 Å². The lowest BCUT2D eigenvalue weighted by molar-refractivity contribution is -0.176. The van der Waals surface area contributed by atoms with Crippen LogP contribution in [-0.4, -0.2) is 28.9 Å². The van der Waals surface area contributed by atoms with Crippen molar-refractivity contribution in [2.24, 2.45) is 0 Å². The second-order valence-electron chi connectivity index (χ2n) is 5.28. The Labute approximate surface area is 118 Å². The summed E-state index contributed by atoms with van der Waals surface area (Å²) in [5, 5.41) is 0. The van der Waals surface area contributed by atoms with Crippen molar-refractivity contribution in [1.82, 2.24) is 4.90 Å². The molecule has 0 aromatic heterocycles. The van der Waals surface area contributed by atoms with Gasteiger partial charge in [0.25, 0.3) is 0 Å². The van der Waals surface area contributed by atoms with Gasteiger partial charge in [-0.25, -0.2) is 18.0 Å². The first-order valence-electron chi connectivity index (χ1n) is 6.58. The van der Waals surface area contributed by atoms with Crippen LogP contribution in [0.4, 0.5) is 13.2 Å². The summed E-state index contributed by atoms with van der Waals surface area (Å²) in [4.78, 5) is 24.7. The maximum Gasteiger partial charge on any atom is 0.397 e. The molecule has 2 heterocycles. The summed E-state index contributed by atoms with van der Waals surface area (Å²) in [5.74, 6) is -5.98. The quantitative estimate of drug-likeness (QED) is 0.453. The van der Waals surface area contributed by atoms with Gasteiger partial charge in [0.05, 0.1) is 12.1 Å². The predicted molar refractivity (Wildman–Crippen MR) is 64.5 cm³/mol. The zero-order valence-electron chi connectivity index (χ0n) is 11.1. The van der Waals surface area contributed by atoms with E-state index in [0.717, 1.165) is 12.1 Å². The van der Waals surface area contributed by atoms with Gasteiger partial charge >= 0.3 is 11.9 Å². The second-order valence-corrected chi connectivity index (χ2v) is 5.28. The Hall–Kier alpha value is -2.05. The molecular weight excluding hydrogens is 287 g/mol. The number of morpholine rings is 1. The molecule has 0 aliphatic carbocycles. The summed E-state index contributed by atoms with van der Waals surface area (Å²) in [5.41, 5.74) is 0.143. The highest BCUT2D eigenvalue weighted by Gasteiger charge is 2.48. The highest BCUT2D eigenvalue weighted by molar-refractivity contribution is 6.33. The van der Waals surface area contributed by atoms with Gasteiger partial charge in [0.15, 0.2) is 17.5 Å². The third-order valence-corrected chi connectivity index (χ3v) is 4.06. The average Bonchev–Trinajstić information content (AvgIpc) is 2.87. The van der Waals surface area contributed by atoms with Crippen LogP contribution in [0.3, 0.4) is 0 Å². The summed E-state index contributed by atoms with van der Waals surface area (Å²) >= 11 is 0. The number of benzene rings is 1. The van der Waals surface area contributed by atoms with Crippen molar-refractivity contribution in [2.45, 2.75) is 38.0 Å². The van der Waals surface area contributed by atoms with E-state index in [4.69, 9.17) is 4.74 Å². The molecule has 0 saturated carbocycles. The molecule has 0 spiro atoms. The van der Waals surface area contributed by atoms with Crippen molar-refractivity contribution in [3.63, 3.8) is 0 Å². The molecule has 21 heavy (non-hydrogen) atoms. The number of hydrogen-bond acceptors (Lipinski definition) is 3. The molecule has 0 bridgehead atoms. The number of ether oxygens (including phenoxy) is 1. The molecule has 1 aromatic carbocycles. The fourth-order valence-corrected chi connectivity index (χ4v) is 3.09. The number of rotatable bonds is 1. The molecule has 2 saturated heterocycles. The Balaban J connectivity index is 2.00. The molecule has 7 heteroatoms. The van der Waals surface area contributed by atoms with Gasteiger partial charge in [0, 0.05) is 0 Å². The van der Waals surface area contributed by atoms with Gasteiger partial charge in [-0.1, -0.05) is 0 Å². The van der Waals surface area contributed by atoms with E-state index >= 15 is 0 Å². The third kappa shape index (κ3) is 2.07. The summed E-state index contributed by atoms with van der Waals surface area (Å²) in [7, 11) is 0. The Kier molecular flexibility index (Phi) is 3.15. The van der Waals surface area contributed by atoms with Crippen LogP contribution in [-0.2, 0) is 14.3 Å². The van der Waals surface area contributed by atoms with Crippen molar-refractivity contribution < 1.29 is 27.5 Å². The molecule has 0 N–H and O–H groups in total. The second kappa shape index (κ2) is 4.75. The molecule has 112 valence electrons. The summed E-state index contributed by atoms with van der Waals surface area (Å²) in [6.45, 7) is 1.66. The lowest BCUT2D eigenvalue weighted by atomic mass is 10.0. The van der Waals surface area contributed by atoms with E-state index in [2.05, 4.69) is 0 Å². The number of carbonyl (C=O) groups excluding carboxylic acids is 2. The minimum Gasteiger partial charge on any atom is -0.453 e. The average molecular weight is 299 g/mol. The van der Waals surface area contributed by atoms with Crippen molar-refractivity contribution in [3.05, 3.63) is 35.1 Å². The van der Waals surface area contributed by atoms with Crippen LogP contribution in [0.1, 0.15) is 31.4 Å². The largest absolute Gasteiger partial charge is 0.453 e. The number of cyclic esters (lactones) is 1. The van der Waals surface area contributed by atoms with Gasteiger partial charge in [-0.2, -0.15) is 0 Å². The Morgan fingerprint density at radius 3 is 2.38 bits per heavy atom. The zero-order chi connectivity index (χ0) is 15.3. The van der Waals surface area contributed by atoms with Crippen molar-refractivity contribution in [2.75, 3.05) is 0 Å². The molecule has 4 nitrogen and oxygen atoms in total. The highest BCUT2D eigenvalue weighted by atomic mass is 19.2. The monoisotopic (exact) mass is 299 g/mol. The lowest BCUT2D eigenvalue weighted by Crippen LogP contribution is -2.53. The molecule has 1 aromatic rings. The lowest BCUT2D eigenvalue weighted by Gasteiger charge is -2.36. The van der Waals surface area contributed by atoms with Crippen LogP contribution in [0.5, 0.6) is 0 Å². The third-order valence-electron chi connectivity index (χ3n) is 4.06. The van der Waals surface area contributed by atoms with Gasteiger partial charge < -0.3 is 9.64 Å². The summed E-state index contributed by atoms with van der Waals surface area (Å²) < 4.78 is 44.7. The van der Waals surface area contributed by atoms with E-state index in [1.807, 2.05) is 0 Å². The molecule has 1 amide bonds. The van der Waals surface area contributed by atoms with E-state index < -0.39 is 41.5 Å². The predicted octanol–water partition coefficient (Wildman–Crippen LogP) is 2.08. The number of hydrogen-bond donors (Lipinski definition) is 0. The molecule has 1 unspecified atom stereocenters. The van der Waals surface area contributed by atoms with Crippen LogP contribution >= 0.6 is 0 Å². The van der Waals surface area contributed by atoms with Gasteiger partial charge in [-0.15, -0.1) is 0 Å². The highest BCUT2D eigenvalue weighted by Crippen LogP contribution is 2.40. The molecular formula is C14H12F3NO3. The van der Waals surface area contributed by atoms with Crippen LogP contribution in [0, 0.1) is 17.5 Å². The zero-order valence-corrected chi connectivity index (χ0v) is 11.1. The molecule has 2 fully saturated rings. The first-order chi connectivity index (χ1) is 9.90. The van der Waals surface area contributed by atoms with E-state index in [9.17, 15) is 22.8 Å². The van der Waals surface area contributed by atoms with E-state index in [0.29, 0.717) is 12.8 Å². The number of fused-ring (bicyclic) bond motifs is 1. The first-order valence-corrected chi connectivity index (χ1v) is 6.58. The number of nitrogens with zero attached hydrogens (tertiary/aromatic N) is 1.